The fraction of sp³-hybridized carbons (Fsp3) is 0. The Balaban J connectivity index is -0.0000000267. The summed E-state index contributed by atoms with van der Waals surface area (Å²) in [6.07, 6.45) is 0. The first-order valence-electron chi connectivity index (χ1n) is 0.783. The van der Waals surface area contributed by atoms with E-state index in [0.29, 0.717) is 0 Å². The molecule has 0 radical (unpaired) electrons. The molecule has 0 aliphatic carbocycles. The number of hydrogen-bond donors (Lipinski definition) is 3. The van der Waals surface area contributed by atoms with Crippen molar-refractivity contribution in [1.82, 2.24) is 0 Å². The zero-order valence-corrected chi connectivity index (χ0v) is 7.55. The molecule has 7 heavy (non-hydrogen) atoms. The van der Waals surface area contributed by atoms with Crippen LogP contribution in [0, 0.1) is 0 Å². The summed E-state index contributed by atoms with van der Waals surface area (Å²) < 4.78 is 8.88. The average molecular weight is 178 g/mol. The Bertz CT molecular complexity index is 62.2. The Labute approximate surface area is 74.8 Å². The Hall–Kier alpha value is 1.63. The fourth-order valence-corrected chi connectivity index (χ4v) is 0. The molecule has 0 rings (SSSR count). The topological polar surface area (TPSA) is 77.8 Å². The maximum Gasteiger partial charge on any atom is 1.00 e. The van der Waals surface area contributed by atoms with Crippen LogP contribution in [0.4, 0.5) is 0 Å². The van der Waals surface area contributed by atoms with Crippen LogP contribution < -0.4 is 29.6 Å². The van der Waals surface area contributed by atoms with Crippen molar-refractivity contribution in [2.24, 2.45) is 0 Å². The molecule has 0 atom stereocenters. The second kappa shape index (κ2) is 5.76. The van der Waals surface area contributed by atoms with Crippen LogP contribution in [0.2, 0.25) is 0 Å². The van der Waals surface area contributed by atoms with Crippen molar-refractivity contribution in [2.45, 2.75) is 0 Å². The number of phosphoric acid groups is 1. The third kappa shape index (κ3) is 91.1. The summed E-state index contributed by atoms with van der Waals surface area (Å²) in [5.74, 6) is 0. The van der Waals surface area contributed by atoms with Crippen LogP contribution in [0.15, 0.2) is 0 Å². The zero-order valence-electron chi connectivity index (χ0n) is 4.55. The minimum Gasteiger partial charge on any atom is -1.00 e. The molecule has 0 aromatic heterocycles. The largest absolute Gasteiger partial charge is 1.00 e. The molecule has 4 nitrogen and oxygen atoms in total. The summed E-state index contributed by atoms with van der Waals surface area (Å²) in [5.41, 5.74) is 0. The number of rotatable bonds is 0. The quantitative estimate of drug-likeness (QED) is 0.262. The molecule has 0 spiro atoms. The van der Waals surface area contributed by atoms with Gasteiger partial charge in [-0.1, -0.05) is 0 Å². The van der Waals surface area contributed by atoms with Gasteiger partial charge in [-0.3, -0.25) is 0 Å². The van der Waals surface area contributed by atoms with E-state index in [1.807, 2.05) is 0 Å². The van der Waals surface area contributed by atoms with Crippen molar-refractivity contribution in [3.8, 4) is 0 Å². The predicted molar refractivity (Wildman–Crippen MR) is 15.4 cm³/mol. The molecule has 0 fully saturated rings. The molecule has 0 aliphatic rings. The molecule has 0 saturated carbocycles. The summed E-state index contributed by atoms with van der Waals surface area (Å²) in [7, 11) is -4.64. The minimum atomic E-state index is -4.64. The monoisotopic (exact) mass is 178 g/mol. The first-order valence-corrected chi connectivity index (χ1v) is 2.35. The second-order valence-electron chi connectivity index (χ2n) is 0.513. The summed E-state index contributed by atoms with van der Waals surface area (Å²) in [4.78, 5) is 21.6. The Morgan fingerprint density at radius 3 is 1.29 bits per heavy atom. The van der Waals surface area contributed by atoms with Crippen molar-refractivity contribution in [1.29, 1.82) is 0 Å². The SMILES string of the molecule is O=P(O)(O)O.[Fe].[H-].[Na+]. The maximum absolute atomic E-state index is 8.88. The van der Waals surface area contributed by atoms with E-state index in [-0.39, 0.29) is 48.1 Å². The predicted octanol–water partition coefficient (Wildman–Crippen LogP) is -3.81. The Morgan fingerprint density at radius 2 is 1.29 bits per heavy atom. The van der Waals surface area contributed by atoms with Crippen molar-refractivity contribution in [3.05, 3.63) is 0 Å². The third-order valence-corrected chi connectivity index (χ3v) is 0. The smallest absolute Gasteiger partial charge is 1.00 e. The van der Waals surface area contributed by atoms with E-state index < -0.39 is 7.82 Å². The van der Waals surface area contributed by atoms with Crippen LogP contribution in [-0.2, 0) is 21.6 Å². The first-order chi connectivity index (χ1) is 2.00. The van der Waals surface area contributed by atoms with Crippen molar-refractivity contribution >= 4 is 7.82 Å². The van der Waals surface area contributed by atoms with Gasteiger partial charge in [0.25, 0.3) is 0 Å². The normalized spacial score (nSPS) is 8.43. The van der Waals surface area contributed by atoms with Crippen LogP contribution in [0.1, 0.15) is 1.43 Å². The van der Waals surface area contributed by atoms with E-state index in [1.165, 1.54) is 0 Å². The van der Waals surface area contributed by atoms with E-state index >= 15 is 0 Å². The third-order valence-electron chi connectivity index (χ3n) is 0. The van der Waals surface area contributed by atoms with E-state index in [0.717, 1.165) is 0 Å². The molecule has 0 saturated heterocycles. The average Bonchev–Trinajstić information content (AvgIpc) is 0.722. The van der Waals surface area contributed by atoms with Crippen molar-refractivity contribution < 1.29 is 67.3 Å². The van der Waals surface area contributed by atoms with Crippen LogP contribution >= 0.6 is 7.82 Å². The standard InChI is InChI=1S/Fe.Na.H3O4P.H/c;;1-5(2,3)4;/h;;(H3,1,2,3,4);/q;+1;;-1. The van der Waals surface area contributed by atoms with Gasteiger partial charge >= 0.3 is 37.4 Å². The molecule has 3 N–H and O–H groups in total. The molecule has 0 unspecified atom stereocenters. The van der Waals surface area contributed by atoms with Gasteiger partial charge in [0.1, 0.15) is 0 Å². The van der Waals surface area contributed by atoms with Gasteiger partial charge in [0.2, 0.25) is 0 Å². The van der Waals surface area contributed by atoms with Gasteiger partial charge in [-0.05, 0) is 0 Å². The molecule has 0 aromatic carbocycles. The molecule has 0 heterocycles. The van der Waals surface area contributed by atoms with Crippen molar-refractivity contribution in [2.75, 3.05) is 0 Å². The maximum atomic E-state index is 8.88. The molecule has 7 heteroatoms. The molecule has 0 bridgehead atoms. The van der Waals surface area contributed by atoms with Gasteiger partial charge in [-0.2, -0.15) is 0 Å². The van der Waals surface area contributed by atoms with Gasteiger partial charge in [-0.25, -0.2) is 4.57 Å². The van der Waals surface area contributed by atoms with E-state index in [1.54, 1.807) is 0 Å². The minimum absolute atomic E-state index is 0. The molecule has 0 aliphatic heterocycles. The van der Waals surface area contributed by atoms with Crippen LogP contribution in [-0.4, -0.2) is 14.7 Å². The van der Waals surface area contributed by atoms with E-state index in [4.69, 9.17) is 19.2 Å². The van der Waals surface area contributed by atoms with Gasteiger partial charge < -0.3 is 16.1 Å². The summed E-state index contributed by atoms with van der Waals surface area (Å²) >= 11 is 0. The first kappa shape index (κ1) is 15.9. The van der Waals surface area contributed by atoms with Gasteiger partial charge in [-0.15, -0.1) is 0 Å². The van der Waals surface area contributed by atoms with Crippen LogP contribution in [0.5, 0.6) is 0 Å². The molecular formula is H4FeNaO4P. The Morgan fingerprint density at radius 1 is 1.29 bits per heavy atom. The molecule has 0 aromatic rings. The van der Waals surface area contributed by atoms with E-state index in [9.17, 15) is 0 Å². The number of hydrogen-bond acceptors (Lipinski definition) is 1. The van der Waals surface area contributed by atoms with Crippen molar-refractivity contribution in [3.63, 3.8) is 0 Å². The second-order valence-corrected chi connectivity index (χ2v) is 1.54. The summed E-state index contributed by atoms with van der Waals surface area (Å²) in [6, 6.07) is 0. The van der Waals surface area contributed by atoms with Gasteiger partial charge in [0, 0.05) is 17.1 Å². The van der Waals surface area contributed by atoms with Gasteiger partial charge in [0.15, 0.2) is 0 Å². The van der Waals surface area contributed by atoms with Gasteiger partial charge in [0.05, 0.1) is 0 Å². The Kier molecular flexibility index (Phi) is 13.0. The zero-order chi connectivity index (χ0) is 4.50. The van der Waals surface area contributed by atoms with Crippen LogP contribution in [0.3, 0.4) is 0 Å². The summed E-state index contributed by atoms with van der Waals surface area (Å²) in [5, 5.41) is 0. The van der Waals surface area contributed by atoms with Crippen LogP contribution in [0.25, 0.3) is 0 Å². The van der Waals surface area contributed by atoms with E-state index in [2.05, 4.69) is 0 Å². The molecular weight excluding hydrogens is 174 g/mol. The fourth-order valence-electron chi connectivity index (χ4n) is 0. The molecule has 0 amide bonds. The molecule has 42 valence electrons. The summed E-state index contributed by atoms with van der Waals surface area (Å²) in [6.45, 7) is 0.